The summed E-state index contributed by atoms with van der Waals surface area (Å²) in [5.74, 6) is 0.576. The Morgan fingerprint density at radius 1 is 1.37 bits per heavy atom. The quantitative estimate of drug-likeness (QED) is 0.748. The summed E-state index contributed by atoms with van der Waals surface area (Å²) < 4.78 is 5.88. The highest BCUT2D eigenvalue weighted by atomic mass is 32.1. The smallest absolute Gasteiger partial charge is 0.339 e. The molecule has 2 fully saturated rings. The van der Waals surface area contributed by atoms with Crippen molar-refractivity contribution in [2.45, 2.75) is 53.1 Å². The van der Waals surface area contributed by atoms with Crippen molar-refractivity contribution < 1.29 is 9.53 Å². The lowest BCUT2D eigenvalue weighted by molar-refractivity contribution is -0.0242. The van der Waals surface area contributed by atoms with Crippen molar-refractivity contribution in [3.05, 3.63) is 21.9 Å². The number of hydrogen-bond donors (Lipinski definition) is 0. The lowest BCUT2D eigenvalue weighted by Gasteiger charge is -2.38. The van der Waals surface area contributed by atoms with Gasteiger partial charge in [0.05, 0.1) is 5.56 Å². The molecule has 2 aliphatic carbocycles. The van der Waals surface area contributed by atoms with Gasteiger partial charge in [-0.25, -0.2) is 4.79 Å². The maximum Gasteiger partial charge on any atom is 0.339 e. The molecule has 2 aliphatic rings. The number of ether oxygens (including phenoxy) is 1. The highest BCUT2D eigenvalue weighted by Gasteiger charge is 2.62. The number of fused-ring (bicyclic) bond motifs is 2. The molecule has 2 nitrogen and oxygen atoms in total. The van der Waals surface area contributed by atoms with Gasteiger partial charge in [-0.3, -0.25) is 0 Å². The lowest BCUT2D eigenvalue weighted by atomic mass is 9.70. The Hall–Kier alpha value is -0.830. The second-order valence-electron chi connectivity index (χ2n) is 6.97. The number of esters is 1. The number of carbonyl (C=O) groups is 1. The van der Waals surface area contributed by atoms with Crippen molar-refractivity contribution in [1.82, 2.24) is 0 Å². The summed E-state index contributed by atoms with van der Waals surface area (Å²) in [7, 11) is 0. The summed E-state index contributed by atoms with van der Waals surface area (Å²) in [5.41, 5.74) is 2.22. The Labute approximate surface area is 119 Å². The molecule has 0 aliphatic heterocycles. The molecule has 3 rings (SSSR count). The van der Waals surface area contributed by atoms with Crippen LogP contribution >= 0.6 is 11.3 Å². The molecule has 0 amide bonds. The molecular weight excluding hydrogens is 256 g/mol. The van der Waals surface area contributed by atoms with Gasteiger partial charge in [-0.2, -0.15) is 11.3 Å². The zero-order valence-corrected chi connectivity index (χ0v) is 13.0. The standard InChI is InChI=1S/C16H22O2S/c1-10-8-19-9-12(10)14(17)18-13-7-11-5-6-16(13,4)15(11,2)3/h8-9,11,13H,5-7H2,1-4H3. The monoisotopic (exact) mass is 278 g/mol. The van der Waals surface area contributed by atoms with E-state index >= 15 is 0 Å². The van der Waals surface area contributed by atoms with E-state index in [1.54, 1.807) is 11.3 Å². The Balaban J connectivity index is 1.79. The SMILES string of the molecule is Cc1cscc1C(=O)OC1CC2CCC1(C)C2(C)C. The number of hydrogen-bond acceptors (Lipinski definition) is 3. The number of rotatable bonds is 2. The number of aryl methyl sites for hydroxylation is 1. The van der Waals surface area contributed by atoms with Gasteiger partial charge in [-0.15, -0.1) is 0 Å². The molecule has 0 N–H and O–H groups in total. The number of carbonyl (C=O) groups excluding carboxylic acids is 1. The topological polar surface area (TPSA) is 26.3 Å². The largest absolute Gasteiger partial charge is 0.458 e. The number of thiophene rings is 1. The van der Waals surface area contributed by atoms with Crippen LogP contribution in [0, 0.1) is 23.7 Å². The summed E-state index contributed by atoms with van der Waals surface area (Å²) in [6.07, 6.45) is 3.60. The third kappa shape index (κ3) is 1.70. The van der Waals surface area contributed by atoms with Crippen molar-refractivity contribution in [2.24, 2.45) is 16.7 Å². The van der Waals surface area contributed by atoms with E-state index in [9.17, 15) is 4.79 Å². The molecule has 2 bridgehead atoms. The van der Waals surface area contributed by atoms with Gasteiger partial charge in [0.15, 0.2) is 0 Å². The minimum atomic E-state index is -0.131. The second kappa shape index (κ2) is 4.08. The van der Waals surface area contributed by atoms with Crippen LogP contribution in [0.4, 0.5) is 0 Å². The highest BCUT2D eigenvalue weighted by Crippen LogP contribution is 2.66. The first-order valence-corrected chi connectivity index (χ1v) is 8.04. The van der Waals surface area contributed by atoms with Crippen LogP contribution in [0.25, 0.3) is 0 Å². The Bertz CT molecular complexity index is 517. The zero-order chi connectivity index (χ0) is 13.8. The lowest BCUT2D eigenvalue weighted by Crippen LogP contribution is -2.38. The summed E-state index contributed by atoms with van der Waals surface area (Å²) in [5, 5.41) is 3.90. The van der Waals surface area contributed by atoms with E-state index < -0.39 is 0 Å². The summed E-state index contributed by atoms with van der Waals surface area (Å²) in [6, 6.07) is 0. The van der Waals surface area contributed by atoms with E-state index in [1.165, 1.54) is 12.8 Å². The average Bonchev–Trinajstić information content (AvgIpc) is 2.90. The third-order valence-corrected chi connectivity index (χ3v) is 6.90. The Morgan fingerprint density at radius 2 is 2.11 bits per heavy atom. The molecule has 0 saturated heterocycles. The van der Waals surface area contributed by atoms with Crippen LogP contribution in [0.5, 0.6) is 0 Å². The molecule has 104 valence electrons. The predicted molar refractivity (Wildman–Crippen MR) is 77.5 cm³/mol. The molecule has 3 unspecified atom stereocenters. The van der Waals surface area contributed by atoms with E-state index in [-0.39, 0.29) is 17.5 Å². The van der Waals surface area contributed by atoms with E-state index in [0.717, 1.165) is 17.5 Å². The first-order valence-electron chi connectivity index (χ1n) is 7.10. The minimum absolute atomic E-state index is 0.0908. The average molecular weight is 278 g/mol. The molecule has 2 saturated carbocycles. The minimum Gasteiger partial charge on any atom is -0.458 e. The van der Waals surface area contributed by atoms with Gasteiger partial charge in [0.25, 0.3) is 0 Å². The van der Waals surface area contributed by atoms with Crippen LogP contribution in [-0.4, -0.2) is 12.1 Å². The van der Waals surface area contributed by atoms with Crippen LogP contribution in [-0.2, 0) is 4.74 Å². The fourth-order valence-electron chi connectivity index (χ4n) is 4.07. The molecule has 0 aromatic carbocycles. The van der Waals surface area contributed by atoms with Crippen molar-refractivity contribution in [3.8, 4) is 0 Å². The van der Waals surface area contributed by atoms with E-state index in [1.807, 2.05) is 17.7 Å². The van der Waals surface area contributed by atoms with E-state index in [2.05, 4.69) is 20.8 Å². The fourth-order valence-corrected chi connectivity index (χ4v) is 4.89. The fraction of sp³-hybridized carbons (Fsp3) is 0.688. The summed E-state index contributed by atoms with van der Waals surface area (Å²) in [6.45, 7) is 8.96. The first kappa shape index (κ1) is 13.2. The third-order valence-electron chi connectivity index (χ3n) is 6.04. The highest BCUT2D eigenvalue weighted by molar-refractivity contribution is 7.08. The van der Waals surface area contributed by atoms with Crippen LogP contribution < -0.4 is 0 Å². The summed E-state index contributed by atoms with van der Waals surface area (Å²) >= 11 is 1.57. The van der Waals surface area contributed by atoms with E-state index in [0.29, 0.717) is 11.3 Å². The second-order valence-corrected chi connectivity index (χ2v) is 7.72. The molecule has 1 heterocycles. The predicted octanol–water partition coefficient (Wildman–Crippen LogP) is 4.43. The van der Waals surface area contributed by atoms with Crippen LogP contribution in [0.2, 0.25) is 0 Å². The van der Waals surface area contributed by atoms with Gasteiger partial charge < -0.3 is 4.74 Å². The van der Waals surface area contributed by atoms with Crippen molar-refractivity contribution in [2.75, 3.05) is 0 Å². The summed E-state index contributed by atoms with van der Waals surface area (Å²) in [4.78, 5) is 12.3. The molecule has 0 radical (unpaired) electrons. The van der Waals surface area contributed by atoms with Gasteiger partial charge in [-0.05, 0) is 48.5 Å². The normalized spacial score (nSPS) is 35.6. The Morgan fingerprint density at radius 3 is 2.58 bits per heavy atom. The van der Waals surface area contributed by atoms with Crippen LogP contribution in [0.3, 0.4) is 0 Å². The van der Waals surface area contributed by atoms with Crippen LogP contribution in [0.1, 0.15) is 56.0 Å². The first-order chi connectivity index (χ1) is 8.86. The maximum atomic E-state index is 12.3. The van der Waals surface area contributed by atoms with Gasteiger partial charge in [0, 0.05) is 10.8 Å². The molecule has 1 aromatic rings. The van der Waals surface area contributed by atoms with E-state index in [4.69, 9.17) is 4.74 Å². The molecule has 19 heavy (non-hydrogen) atoms. The van der Waals surface area contributed by atoms with Gasteiger partial charge in [-0.1, -0.05) is 20.8 Å². The Kier molecular flexibility index (Phi) is 2.83. The zero-order valence-electron chi connectivity index (χ0n) is 12.2. The molecule has 3 atom stereocenters. The molecule has 1 aromatic heterocycles. The maximum absolute atomic E-state index is 12.3. The van der Waals surface area contributed by atoms with Gasteiger partial charge in [0.1, 0.15) is 6.10 Å². The molecular formula is C16H22O2S. The van der Waals surface area contributed by atoms with Crippen molar-refractivity contribution >= 4 is 17.3 Å². The van der Waals surface area contributed by atoms with Gasteiger partial charge >= 0.3 is 5.97 Å². The molecule has 3 heteroatoms. The van der Waals surface area contributed by atoms with Crippen LogP contribution in [0.15, 0.2) is 10.8 Å². The van der Waals surface area contributed by atoms with Gasteiger partial charge in [0.2, 0.25) is 0 Å². The molecule has 0 spiro atoms. The van der Waals surface area contributed by atoms with Crippen molar-refractivity contribution in [3.63, 3.8) is 0 Å². The van der Waals surface area contributed by atoms with Crippen molar-refractivity contribution in [1.29, 1.82) is 0 Å².